The number of nitrogens with two attached hydrogens (primary N) is 1. The van der Waals surface area contributed by atoms with Crippen LogP contribution >= 0.6 is 0 Å². The molecule has 1 aliphatic rings. The van der Waals surface area contributed by atoms with Crippen LogP contribution in [0.3, 0.4) is 0 Å². The predicted molar refractivity (Wildman–Crippen MR) is 74.5 cm³/mol. The van der Waals surface area contributed by atoms with E-state index in [0.29, 0.717) is 5.82 Å². The van der Waals surface area contributed by atoms with Crippen LogP contribution in [0.1, 0.15) is 29.7 Å². The van der Waals surface area contributed by atoms with Crippen LogP contribution in [0.4, 0.5) is 5.82 Å². The molecule has 0 unspecified atom stereocenters. The largest absolute Gasteiger partial charge is 0.308 e. The number of anilines is 1. The molecule has 19 heavy (non-hydrogen) atoms. The van der Waals surface area contributed by atoms with E-state index in [1.54, 1.807) is 6.20 Å². The molecular weight excluding hydrogens is 238 g/mol. The Balaban J connectivity index is 2.15. The lowest BCUT2D eigenvalue weighted by atomic mass is 9.96. The maximum atomic E-state index is 5.60. The minimum atomic E-state index is 0.659. The quantitative estimate of drug-likeness (QED) is 0.634. The lowest BCUT2D eigenvalue weighted by molar-refractivity contribution is 0.664. The summed E-state index contributed by atoms with van der Waals surface area (Å²) in [4.78, 5) is 13.6. The first kappa shape index (κ1) is 12.0. The number of nitrogens with zero attached hydrogens (tertiary/aromatic N) is 3. The van der Waals surface area contributed by atoms with Gasteiger partial charge in [-0.1, -0.05) is 6.07 Å². The molecule has 0 amide bonds. The van der Waals surface area contributed by atoms with Crippen molar-refractivity contribution in [3.8, 4) is 11.5 Å². The highest BCUT2D eigenvalue weighted by Crippen LogP contribution is 2.28. The minimum Gasteiger partial charge on any atom is -0.308 e. The molecule has 2 heterocycles. The van der Waals surface area contributed by atoms with Gasteiger partial charge in [0.1, 0.15) is 11.5 Å². The average molecular weight is 255 g/mol. The summed E-state index contributed by atoms with van der Waals surface area (Å²) in [6, 6.07) is 3.93. The minimum absolute atomic E-state index is 0.659. The molecule has 0 saturated heterocycles. The van der Waals surface area contributed by atoms with Gasteiger partial charge in [-0.05, 0) is 44.2 Å². The maximum absolute atomic E-state index is 5.60. The zero-order valence-corrected chi connectivity index (χ0v) is 11.0. The highest BCUT2D eigenvalue weighted by molar-refractivity contribution is 5.59. The van der Waals surface area contributed by atoms with Gasteiger partial charge in [0.05, 0.1) is 0 Å². The van der Waals surface area contributed by atoms with Gasteiger partial charge in [0.25, 0.3) is 0 Å². The molecule has 3 N–H and O–H groups in total. The van der Waals surface area contributed by atoms with Crippen molar-refractivity contribution in [1.82, 2.24) is 15.0 Å². The summed E-state index contributed by atoms with van der Waals surface area (Å²) in [6.07, 6.45) is 6.10. The standard InChI is InChI=1S/C14H17N5/c1-9-5-4-8-16-12(9)14-17-11-7-3-2-6-10(11)13(18-14)19-15/h4-5,8H,2-3,6-7,15H2,1H3,(H,17,18,19). The Morgan fingerprint density at radius 1 is 1.21 bits per heavy atom. The molecule has 1 aliphatic carbocycles. The first-order chi connectivity index (χ1) is 9.29. The number of hydrogen-bond acceptors (Lipinski definition) is 5. The van der Waals surface area contributed by atoms with Crippen LogP contribution in [-0.4, -0.2) is 15.0 Å². The van der Waals surface area contributed by atoms with E-state index in [-0.39, 0.29) is 0 Å². The van der Waals surface area contributed by atoms with E-state index >= 15 is 0 Å². The highest BCUT2D eigenvalue weighted by Gasteiger charge is 2.18. The number of nitrogen functional groups attached to an aromatic ring is 1. The van der Waals surface area contributed by atoms with E-state index in [2.05, 4.69) is 20.4 Å². The number of fused-ring (bicyclic) bond motifs is 1. The number of nitrogens with one attached hydrogen (secondary N) is 1. The Kier molecular flexibility index (Phi) is 3.13. The average Bonchev–Trinajstić information content (AvgIpc) is 2.46. The van der Waals surface area contributed by atoms with Crippen LogP contribution in [0.25, 0.3) is 11.5 Å². The monoisotopic (exact) mass is 255 g/mol. The second-order valence-corrected chi connectivity index (χ2v) is 4.84. The molecule has 2 aromatic heterocycles. The van der Waals surface area contributed by atoms with Crippen LogP contribution in [0.5, 0.6) is 0 Å². The SMILES string of the molecule is Cc1cccnc1-c1nc2c(c(NN)n1)CCCC2. The van der Waals surface area contributed by atoms with Gasteiger partial charge in [0, 0.05) is 17.5 Å². The third-order valence-corrected chi connectivity index (χ3v) is 3.54. The van der Waals surface area contributed by atoms with Crippen molar-refractivity contribution in [3.63, 3.8) is 0 Å². The Morgan fingerprint density at radius 3 is 2.84 bits per heavy atom. The van der Waals surface area contributed by atoms with Crippen molar-refractivity contribution in [2.75, 3.05) is 5.43 Å². The summed E-state index contributed by atoms with van der Waals surface area (Å²) in [5, 5.41) is 0. The van der Waals surface area contributed by atoms with Crippen molar-refractivity contribution in [1.29, 1.82) is 0 Å². The van der Waals surface area contributed by atoms with Crippen LogP contribution in [0.15, 0.2) is 18.3 Å². The van der Waals surface area contributed by atoms with Gasteiger partial charge in [-0.25, -0.2) is 15.8 Å². The fraction of sp³-hybridized carbons (Fsp3) is 0.357. The third-order valence-electron chi connectivity index (χ3n) is 3.54. The van der Waals surface area contributed by atoms with Crippen molar-refractivity contribution < 1.29 is 0 Å². The molecule has 5 nitrogen and oxygen atoms in total. The summed E-state index contributed by atoms with van der Waals surface area (Å²) in [5.41, 5.74) is 6.87. The van der Waals surface area contributed by atoms with E-state index in [1.165, 1.54) is 12.8 Å². The topological polar surface area (TPSA) is 76.7 Å². The van der Waals surface area contributed by atoms with Gasteiger partial charge in [-0.2, -0.15) is 0 Å². The van der Waals surface area contributed by atoms with Crippen LogP contribution in [0, 0.1) is 6.92 Å². The highest BCUT2D eigenvalue weighted by atomic mass is 15.3. The number of rotatable bonds is 2. The molecule has 2 aromatic rings. The van der Waals surface area contributed by atoms with Crippen molar-refractivity contribution in [3.05, 3.63) is 35.2 Å². The van der Waals surface area contributed by atoms with E-state index in [9.17, 15) is 0 Å². The van der Waals surface area contributed by atoms with Gasteiger partial charge in [-0.15, -0.1) is 0 Å². The molecule has 0 radical (unpaired) electrons. The smallest absolute Gasteiger partial charge is 0.180 e. The first-order valence-corrected chi connectivity index (χ1v) is 6.58. The van der Waals surface area contributed by atoms with Crippen molar-refractivity contribution in [2.24, 2.45) is 5.84 Å². The van der Waals surface area contributed by atoms with E-state index < -0.39 is 0 Å². The predicted octanol–water partition coefficient (Wildman–Crippen LogP) is 2.01. The van der Waals surface area contributed by atoms with Gasteiger partial charge >= 0.3 is 0 Å². The molecule has 5 heteroatoms. The maximum Gasteiger partial charge on any atom is 0.180 e. The Bertz CT molecular complexity index is 592. The van der Waals surface area contributed by atoms with Crippen molar-refractivity contribution >= 4 is 5.82 Å². The Labute approximate surface area is 112 Å². The van der Waals surface area contributed by atoms with E-state index in [4.69, 9.17) is 5.84 Å². The zero-order valence-electron chi connectivity index (χ0n) is 11.0. The molecule has 98 valence electrons. The lowest BCUT2D eigenvalue weighted by Gasteiger charge is -2.18. The molecule has 0 atom stereocenters. The molecule has 0 saturated carbocycles. The van der Waals surface area contributed by atoms with Gasteiger partial charge in [-0.3, -0.25) is 4.98 Å². The summed E-state index contributed by atoms with van der Waals surface area (Å²) >= 11 is 0. The fourth-order valence-corrected chi connectivity index (χ4v) is 2.54. The molecule has 0 bridgehead atoms. The second kappa shape index (κ2) is 4.93. The van der Waals surface area contributed by atoms with Gasteiger partial charge in [0.15, 0.2) is 5.82 Å². The van der Waals surface area contributed by atoms with Gasteiger partial charge in [0.2, 0.25) is 0 Å². The second-order valence-electron chi connectivity index (χ2n) is 4.84. The zero-order chi connectivity index (χ0) is 13.2. The Hall–Kier alpha value is -2.01. The van der Waals surface area contributed by atoms with Crippen LogP contribution in [-0.2, 0) is 12.8 Å². The number of aryl methyl sites for hydroxylation is 2. The molecular formula is C14H17N5. The number of hydrazine groups is 1. The number of hydrogen-bond donors (Lipinski definition) is 2. The number of pyridine rings is 1. The molecule has 0 aliphatic heterocycles. The lowest BCUT2D eigenvalue weighted by Crippen LogP contribution is -2.17. The summed E-state index contributed by atoms with van der Waals surface area (Å²) in [6.45, 7) is 2.01. The van der Waals surface area contributed by atoms with Crippen LogP contribution in [0.2, 0.25) is 0 Å². The van der Waals surface area contributed by atoms with Crippen LogP contribution < -0.4 is 11.3 Å². The van der Waals surface area contributed by atoms with Gasteiger partial charge < -0.3 is 5.43 Å². The van der Waals surface area contributed by atoms with Crippen molar-refractivity contribution in [2.45, 2.75) is 32.6 Å². The summed E-state index contributed by atoms with van der Waals surface area (Å²) < 4.78 is 0. The molecule has 0 aromatic carbocycles. The Morgan fingerprint density at radius 2 is 2.05 bits per heavy atom. The molecule has 3 rings (SSSR count). The number of aromatic nitrogens is 3. The van der Waals surface area contributed by atoms with E-state index in [1.807, 2.05) is 19.1 Å². The third kappa shape index (κ3) is 2.17. The fourth-order valence-electron chi connectivity index (χ4n) is 2.54. The van der Waals surface area contributed by atoms with E-state index in [0.717, 1.165) is 41.2 Å². The molecule has 0 fully saturated rings. The normalized spacial score (nSPS) is 14.0. The summed E-state index contributed by atoms with van der Waals surface area (Å²) in [5.74, 6) is 7.00. The first-order valence-electron chi connectivity index (χ1n) is 6.58. The summed E-state index contributed by atoms with van der Waals surface area (Å²) in [7, 11) is 0. The molecule has 0 spiro atoms.